The first-order chi connectivity index (χ1) is 4.67. The van der Waals surface area contributed by atoms with E-state index in [-0.39, 0.29) is 0 Å². The zero-order chi connectivity index (χ0) is 9.28. The van der Waals surface area contributed by atoms with Crippen molar-refractivity contribution in [3.05, 3.63) is 10.1 Å². The molecule has 0 fully saturated rings. The van der Waals surface area contributed by atoms with E-state index in [1.165, 1.54) is 0 Å². The van der Waals surface area contributed by atoms with Crippen LogP contribution in [-0.2, 0) is 0 Å². The average molecular weight is 173 g/mol. The van der Waals surface area contributed by atoms with Crippen LogP contribution in [-0.4, -0.2) is 28.4 Å². The van der Waals surface area contributed by atoms with Crippen LogP contribution in [0.15, 0.2) is 0 Å². The smallest absolute Gasteiger partial charge is 0.376 e. The normalized spacial score (nSPS) is 17.5. The van der Waals surface area contributed by atoms with E-state index >= 15 is 0 Å². The predicted molar refractivity (Wildman–Crippen MR) is 28.5 cm³/mol. The third kappa shape index (κ3) is 2.71. The van der Waals surface area contributed by atoms with Crippen molar-refractivity contribution < 1.29 is 23.2 Å². The lowest BCUT2D eigenvalue weighted by molar-refractivity contribution is -0.513. The fourth-order valence-electron chi connectivity index (χ4n) is 0.341. The third-order valence-corrected chi connectivity index (χ3v) is 1.05. The van der Waals surface area contributed by atoms with Crippen LogP contribution in [0.4, 0.5) is 13.2 Å². The van der Waals surface area contributed by atoms with E-state index in [0.29, 0.717) is 6.92 Å². The standard InChI is InChI=1S/C4H6F3NO3/c1-3(9,2-8(10)11)4(5,6)7/h9H,2H2,1H3/t3-/m0/s1. The number of rotatable bonds is 2. The first kappa shape index (κ1) is 10.2. The van der Waals surface area contributed by atoms with Gasteiger partial charge in [-0.2, -0.15) is 13.2 Å². The van der Waals surface area contributed by atoms with Crippen molar-refractivity contribution in [3.8, 4) is 0 Å². The quantitative estimate of drug-likeness (QED) is 0.490. The lowest BCUT2D eigenvalue weighted by Crippen LogP contribution is -2.47. The molecule has 0 radical (unpaired) electrons. The van der Waals surface area contributed by atoms with E-state index in [2.05, 4.69) is 0 Å². The summed E-state index contributed by atoms with van der Waals surface area (Å²) in [5.74, 6) is 0. The molecular formula is C4H6F3NO3. The molecule has 0 unspecified atom stereocenters. The first-order valence-electron chi connectivity index (χ1n) is 2.58. The number of hydrogen-bond donors (Lipinski definition) is 1. The van der Waals surface area contributed by atoms with Gasteiger partial charge in [0.15, 0.2) is 0 Å². The van der Waals surface area contributed by atoms with Gasteiger partial charge in [-0.05, 0) is 6.92 Å². The molecule has 11 heavy (non-hydrogen) atoms. The van der Waals surface area contributed by atoms with Crippen molar-refractivity contribution >= 4 is 0 Å². The molecule has 0 saturated carbocycles. The number of nitrogens with zero attached hydrogens (tertiary/aromatic N) is 1. The van der Waals surface area contributed by atoms with Crippen LogP contribution in [0, 0.1) is 10.1 Å². The van der Waals surface area contributed by atoms with Gasteiger partial charge < -0.3 is 5.11 Å². The van der Waals surface area contributed by atoms with E-state index in [9.17, 15) is 23.3 Å². The molecular weight excluding hydrogens is 167 g/mol. The van der Waals surface area contributed by atoms with Gasteiger partial charge >= 0.3 is 6.18 Å². The molecule has 0 rings (SSSR count). The van der Waals surface area contributed by atoms with Gasteiger partial charge in [0.05, 0.1) is 0 Å². The monoisotopic (exact) mass is 173 g/mol. The Labute approximate surface area is 59.8 Å². The Hall–Kier alpha value is -0.850. The Kier molecular flexibility index (Phi) is 2.44. The molecule has 0 aliphatic carbocycles. The largest absolute Gasteiger partial charge is 0.423 e. The lowest BCUT2D eigenvalue weighted by atomic mass is 10.1. The van der Waals surface area contributed by atoms with Crippen molar-refractivity contribution in [3.63, 3.8) is 0 Å². The second-order valence-corrected chi connectivity index (χ2v) is 2.26. The molecule has 0 aromatic carbocycles. The van der Waals surface area contributed by atoms with Gasteiger partial charge in [0.25, 0.3) is 0 Å². The molecule has 0 aliphatic heterocycles. The van der Waals surface area contributed by atoms with Gasteiger partial charge in [-0.15, -0.1) is 0 Å². The highest BCUT2D eigenvalue weighted by Gasteiger charge is 2.53. The van der Waals surface area contributed by atoms with Crippen LogP contribution in [0.2, 0.25) is 0 Å². The molecule has 0 aromatic heterocycles. The minimum Gasteiger partial charge on any atom is -0.376 e. The minimum absolute atomic E-state index is 0.357. The molecule has 1 N–H and O–H groups in total. The molecule has 4 nitrogen and oxygen atoms in total. The fourth-order valence-corrected chi connectivity index (χ4v) is 0.341. The predicted octanol–water partition coefficient (Wildman–Crippen LogP) is 0.576. The summed E-state index contributed by atoms with van der Waals surface area (Å²) in [4.78, 5) is 8.39. The molecule has 1 atom stereocenters. The summed E-state index contributed by atoms with van der Waals surface area (Å²) in [6.07, 6.45) is -4.96. The van der Waals surface area contributed by atoms with Gasteiger partial charge in [0, 0.05) is 4.92 Å². The molecule has 0 bridgehead atoms. The van der Waals surface area contributed by atoms with Gasteiger partial charge in [-0.25, -0.2) is 0 Å². The van der Waals surface area contributed by atoms with Gasteiger partial charge in [-0.3, -0.25) is 10.1 Å². The van der Waals surface area contributed by atoms with Crippen molar-refractivity contribution in [1.29, 1.82) is 0 Å². The van der Waals surface area contributed by atoms with Crippen LogP contribution in [0.3, 0.4) is 0 Å². The van der Waals surface area contributed by atoms with E-state index in [0.717, 1.165) is 0 Å². The molecule has 0 heterocycles. The molecule has 0 aliphatic rings. The van der Waals surface area contributed by atoms with Gasteiger partial charge in [-0.1, -0.05) is 0 Å². The zero-order valence-corrected chi connectivity index (χ0v) is 5.55. The summed E-state index contributed by atoms with van der Waals surface area (Å²) >= 11 is 0. The summed E-state index contributed by atoms with van der Waals surface area (Å²) in [6, 6.07) is 0. The summed E-state index contributed by atoms with van der Waals surface area (Å²) in [5.41, 5.74) is -3.24. The maximum absolute atomic E-state index is 11.6. The number of hydrogen-bond acceptors (Lipinski definition) is 3. The fraction of sp³-hybridized carbons (Fsp3) is 1.00. The maximum Gasteiger partial charge on any atom is 0.423 e. The summed E-state index contributed by atoms with van der Waals surface area (Å²) in [7, 11) is 0. The molecule has 0 amide bonds. The molecule has 7 heteroatoms. The molecule has 66 valence electrons. The summed E-state index contributed by atoms with van der Waals surface area (Å²) in [5, 5.41) is 18.1. The highest BCUT2D eigenvalue weighted by atomic mass is 19.4. The first-order valence-corrected chi connectivity index (χ1v) is 2.58. The van der Waals surface area contributed by atoms with Crippen molar-refractivity contribution in [2.45, 2.75) is 18.7 Å². The zero-order valence-electron chi connectivity index (χ0n) is 5.55. The number of alkyl halides is 3. The number of halogens is 3. The number of aliphatic hydroxyl groups is 1. The topological polar surface area (TPSA) is 63.4 Å². The summed E-state index contributed by atoms with van der Waals surface area (Å²) in [6.45, 7) is -1.17. The highest BCUT2D eigenvalue weighted by molar-refractivity contribution is 4.80. The Morgan fingerprint density at radius 2 is 1.91 bits per heavy atom. The second kappa shape index (κ2) is 2.65. The maximum atomic E-state index is 11.6. The van der Waals surface area contributed by atoms with E-state index < -0.39 is 23.2 Å². The minimum atomic E-state index is -4.96. The van der Waals surface area contributed by atoms with Gasteiger partial charge in [0.2, 0.25) is 12.1 Å². The van der Waals surface area contributed by atoms with Crippen LogP contribution in [0.25, 0.3) is 0 Å². The number of nitro groups is 1. The molecule has 0 spiro atoms. The van der Waals surface area contributed by atoms with Crippen LogP contribution < -0.4 is 0 Å². The average Bonchev–Trinajstić information content (AvgIpc) is 1.56. The van der Waals surface area contributed by atoms with Crippen LogP contribution >= 0.6 is 0 Å². The van der Waals surface area contributed by atoms with Crippen molar-refractivity contribution in [1.82, 2.24) is 0 Å². The Morgan fingerprint density at radius 1 is 1.55 bits per heavy atom. The summed E-state index contributed by atoms with van der Waals surface area (Å²) < 4.78 is 34.9. The second-order valence-electron chi connectivity index (χ2n) is 2.26. The Bertz CT molecular complexity index is 164. The van der Waals surface area contributed by atoms with Crippen LogP contribution in [0.5, 0.6) is 0 Å². The SMILES string of the molecule is C[C@](O)(C[N+](=O)[O-])C(F)(F)F. The van der Waals surface area contributed by atoms with E-state index in [1.54, 1.807) is 0 Å². The van der Waals surface area contributed by atoms with Crippen LogP contribution in [0.1, 0.15) is 6.92 Å². The Morgan fingerprint density at radius 3 is 2.00 bits per heavy atom. The van der Waals surface area contributed by atoms with Crippen molar-refractivity contribution in [2.24, 2.45) is 0 Å². The molecule has 0 aromatic rings. The Balaban J connectivity index is 4.34. The van der Waals surface area contributed by atoms with Crippen molar-refractivity contribution in [2.75, 3.05) is 6.54 Å². The molecule has 0 saturated heterocycles. The van der Waals surface area contributed by atoms with Gasteiger partial charge in [0.1, 0.15) is 0 Å². The van der Waals surface area contributed by atoms with E-state index in [1.807, 2.05) is 0 Å². The lowest BCUT2D eigenvalue weighted by Gasteiger charge is -2.21. The highest BCUT2D eigenvalue weighted by Crippen LogP contribution is 2.29. The third-order valence-electron chi connectivity index (χ3n) is 1.05. The van der Waals surface area contributed by atoms with E-state index in [4.69, 9.17) is 5.11 Å².